The molecule has 0 amide bonds. The Morgan fingerprint density at radius 1 is 1.50 bits per heavy atom. The Labute approximate surface area is 106 Å². The van der Waals surface area contributed by atoms with E-state index in [1.165, 1.54) is 0 Å². The van der Waals surface area contributed by atoms with Crippen LogP contribution < -0.4 is 11.1 Å². The molecular formula is C12H20BrN3. The van der Waals surface area contributed by atoms with Gasteiger partial charge in [-0.1, -0.05) is 20.8 Å². The summed E-state index contributed by atoms with van der Waals surface area (Å²) in [6.45, 7) is 7.39. The molecule has 1 unspecified atom stereocenters. The molecule has 0 saturated heterocycles. The fraction of sp³-hybridized carbons (Fsp3) is 0.583. The van der Waals surface area contributed by atoms with Gasteiger partial charge in [-0.2, -0.15) is 0 Å². The number of hydrogen-bond donors (Lipinski definition) is 2. The lowest BCUT2D eigenvalue weighted by molar-refractivity contribution is 0.345. The third-order valence-corrected chi connectivity index (χ3v) is 2.83. The Hall–Kier alpha value is -0.610. The minimum atomic E-state index is 0.167. The zero-order valence-electron chi connectivity index (χ0n) is 10.1. The Kier molecular flexibility index (Phi) is 4.74. The van der Waals surface area contributed by atoms with Crippen LogP contribution in [0.5, 0.6) is 0 Å². The standard InChI is InChI=1S/C12H20BrN3/c1-12(2,3)6-9(14)7-16-11-4-5-15-8-10(11)13/h4-5,8-9H,6-7,14H2,1-3H3,(H,15,16). The van der Waals surface area contributed by atoms with E-state index < -0.39 is 0 Å². The monoisotopic (exact) mass is 285 g/mol. The van der Waals surface area contributed by atoms with Crippen LogP contribution in [0.25, 0.3) is 0 Å². The van der Waals surface area contributed by atoms with Gasteiger partial charge in [0.15, 0.2) is 0 Å². The number of pyridine rings is 1. The molecule has 90 valence electrons. The summed E-state index contributed by atoms with van der Waals surface area (Å²) in [5, 5.41) is 3.32. The highest BCUT2D eigenvalue weighted by Gasteiger charge is 2.15. The summed E-state index contributed by atoms with van der Waals surface area (Å²) in [7, 11) is 0. The van der Waals surface area contributed by atoms with Crippen LogP contribution in [0.15, 0.2) is 22.9 Å². The van der Waals surface area contributed by atoms with Gasteiger partial charge in [0.25, 0.3) is 0 Å². The van der Waals surface area contributed by atoms with Crippen LogP contribution in [0.1, 0.15) is 27.2 Å². The molecule has 1 aromatic heterocycles. The van der Waals surface area contributed by atoms with E-state index in [1.54, 1.807) is 12.4 Å². The SMILES string of the molecule is CC(C)(C)CC(N)CNc1ccncc1Br. The smallest absolute Gasteiger partial charge is 0.0590 e. The van der Waals surface area contributed by atoms with Crippen molar-refractivity contribution in [3.05, 3.63) is 22.9 Å². The van der Waals surface area contributed by atoms with E-state index in [0.29, 0.717) is 0 Å². The predicted molar refractivity (Wildman–Crippen MR) is 72.5 cm³/mol. The molecule has 0 aliphatic carbocycles. The third-order valence-electron chi connectivity index (χ3n) is 2.20. The van der Waals surface area contributed by atoms with E-state index in [2.05, 4.69) is 47.0 Å². The van der Waals surface area contributed by atoms with Crippen LogP contribution in [-0.4, -0.2) is 17.6 Å². The Bertz CT molecular complexity index is 333. The fourth-order valence-corrected chi connectivity index (χ4v) is 2.01. The number of rotatable bonds is 4. The molecular weight excluding hydrogens is 266 g/mol. The number of hydrogen-bond acceptors (Lipinski definition) is 3. The lowest BCUT2D eigenvalue weighted by Crippen LogP contribution is -2.33. The van der Waals surface area contributed by atoms with Crippen molar-refractivity contribution in [2.75, 3.05) is 11.9 Å². The fourth-order valence-electron chi connectivity index (χ4n) is 1.62. The third kappa shape index (κ3) is 4.94. The van der Waals surface area contributed by atoms with E-state index >= 15 is 0 Å². The van der Waals surface area contributed by atoms with Crippen LogP contribution >= 0.6 is 15.9 Å². The second-order valence-corrected chi connectivity index (χ2v) is 6.12. The number of halogens is 1. The van der Waals surface area contributed by atoms with Crippen molar-refractivity contribution in [2.45, 2.75) is 33.2 Å². The summed E-state index contributed by atoms with van der Waals surface area (Å²) >= 11 is 3.44. The molecule has 0 aromatic carbocycles. The number of nitrogens with zero attached hydrogens (tertiary/aromatic N) is 1. The second-order valence-electron chi connectivity index (χ2n) is 5.26. The zero-order valence-corrected chi connectivity index (χ0v) is 11.7. The van der Waals surface area contributed by atoms with Gasteiger partial charge in [0.1, 0.15) is 0 Å². The first-order valence-electron chi connectivity index (χ1n) is 5.47. The molecule has 0 saturated carbocycles. The van der Waals surface area contributed by atoms with Gasteiger partial charge < -0.3 is 11.1 Å². The molecule has 4 heteroatoms. The summed E-state index contributed by atoms with van der Waals surface area (Å²) < 4.78 is 0.970. The number of nitrogens with two attached hydrogens (primary N) is 1. The van der Waals surface area contributed by atoms with Gasteiger partial charge in [0, 0.05) is 25.0 Å². The van der Waals surface area contributed by atoms with Crippen LogP contribution in [0, 0.1) is 5.41 Å². The van der Waals surface area contributed by atoms with E-state index in [9.17, 15) is 0 Å². The van der Waals surface area contributed by atoms with Crippen molar-refractivity contribution >= 4 is 21.6 Å². The van der Waals surface area contributed by atoms with E-state index in [0.717, 1.165) is 23.1 Å². The molecule has 0 bridgehead atoms. The topological polar surface area (TPSA) is 50.9 Å². The van der Waals surface area contributed by atoms with E-state index in [1.807, 2.05) is 6.07 Å². The quantitative estimate of drug-likeness (QED) is 0.894. The van der Waals surface area contributed by atoms with Gasteiger partial charge in [-0.05, 0) is 33.8 Å². The largest absolute Gasteiger partial charge is 0.382 e. The van der Waals surface area contributed by atoms with E-state index in [-0.39, 0.29) is 11.5 Å². The second kappa shape index (κ2) is 5.64. The first-order valence-corrected chi connectivity index (χ1v) is 6.27. The number of anilines is 1. The van der Waals surface area contributed by atoms with Crippen LogP contribution in [0.4, 0.5) is 5.69 Å². The van der Waals surface area contributed by atoms with Crippen molar-refractivity contribution < 1.29 is 0 Å². The molecule has 0 spiro atoms. The molecule has 0 aliphatic heterocycles. The average Bonchev–Trinajstić information content (AvgIpc) is 2.14. The van der Waals surface area contributed by atoms with E-state index in [4.69, 9.17) is 5.73 Å². The number of aromatic nitrogens is 1. The first kappa shape index (κ1) is 13.5. The molecule has 0 fully saturated rings. The maximum Gasteiger partial charge on any atom is 0.0590 e. The van der Waals surface area contributed by atoms with Crippen LogP contribution in [-0.2, 0) is 0 Å². The molecule has 0 aliphatic rings. The maximum absolute atomic E-state index is 6.06. The molecule has 1 heterocycles. The zero-order chi connectivity index (χ0) is 12.2. The summed E-state index contributed by atoms with van der Waals surface area (Å²) in [5.41, 5.74) is 7.38. The van der Waals surface area contributed by atoms with Crippen molar-refractivity contribution in [1.82, 2.24) is 4.98 Å². The molecule has 1 aromatic rings. The molecule has 3 N–H and O–H groups in total. The molecule has 1 rings (SSSR count). The molecule has 16 heavy (non-hydrogen) atoms. The van der Waals surface area contributed by atoms with Gasteiger partial charge in [-0.3, -0.25) is 4.98 Å². The van der Waals surface area contributed by atoms with Crippen LogP contribution in [0.2, 0.25) is 0 Å². The van der Waals surface area contributed by atoms with Crippen molar-refractivity contribution in [2.24, 2.45) is 11.1 Å². The van der Waals surface area contributed by atoms with Gasteiger partial charge in [-0.15, -0.1) is 0 Å². The van der Waals surface area contributed by atoms with Gasteiger partial charge in [0.2, 0.25) is 0 Å². The van der Waals surface area contributed by atoms with Crippen molar-refractivity contribution in [3.8, 4) is 0 Å². The van der Waals surface area contributed by atoms with Gasteiger partial charge >= 0.3 is 0 Å². The summed E-state index contributed by atoms with van der Waals surface area (Å²) in [6.07, 6.45) is 4.54. The lowest BCUT2D eigenvalue weighted by atomic mass is 9.88. The highest BCUT2D eigenvalue weighted by atomic mass is 79.9. The number of nitrogens with one attached hydrogen (secondary N) is 1. The summed E-state index contributed by atoms with van der Waals surface area (Å²) in [5.74, 6) is 0. The highest BCUT2D eigenvalue weighted by molar-refractivity contribution is 9.10. The summed E-state index contributed by atoms with van der Waals surface area (Å²) in [4.78, 5) is 4.01. The first-order chi connectivity index (χ1) is 7.38. The summed E-state index contributed by atoms with van der Waals surface area (Å²) in [6, 6.07) is 2.11. The maximum atomic E-state index is 6.06. The molecule has 1 atom stereocenters. The molecule has 0 radical (unpaired) electrons. The Morgan fingerprint density at radius 3 is 2.75 bits per heavy atom. The highest BCUT2D eigenvalue weighted by Crippen LogP contribution is 2.22. The van der Waals surface area contributed by atoms with Crippen molar-refractivity contribution in [3.63, 3.8) is 0 Å². The predicted octanol–water partition coefficient (Wildman–Crippen LogP) is 3.02. The van der Waals surface area contributed by atoms with Gasteiger partial charge in [0.05, 0.1) is 10.2 Å². The minimum Gasteiger partial charge on any atom is -0.382 e. The van der Waals surface area contributed by atoms with Gasteiger partial charge in [-0.25, -0.2) is 0 Å². The average molecular weight is 286 g/mol. The molecule has 3 nitrogen and oxygen atoms in total. The Balaban J connectivity index is 2.43. The van der Waals surface area contributed by atoms with Crippen molar-refractivity contribution in [1.29, 1.82) is 0 Å². The Morgan fingerprint density at radius 2 is 2.19 bits per heavy atom. The normalized spacial score (nSPS) is 13.6. The minimum absolute atomic E-state index is 0.167. The van der Waals surface area contributed by atoms with Crippen LogP contribution in [0.3, 0.4) is 0 Å². The lowest BCUT2D eigenvalue weighted by Gasteiger charge is -2.23.